The molecule has 0 aliphatic heterocycles. The van der Waals surface area contributed by atoms with Crippen LogP contribution in [0.5, 0.6) is 0 Å². The monoisotopic (exact) mass is 516 g/mol. The lowest BCUT2D eigenvalue weighted by atomic mass is 10.0. The topological polar surface area (TPSA) is 94.2 Å². The van der Waals surface area contributed by atoms with Crippen molar-refractivity contribution < 1.29 is 28.6 Å². The first kappa shape index (κ1) is 29.2. The highest BCUT2D eigenvalue weighted by Crippen LogP contribution is 2.24. The van der Waals surface area contributed by atoms with Gasteiger partial charge in [-0.1, -0.05) is 48.5 Å². The van der Waals surface area contributed by atoms with Crippen LogP contribution in [0.15, 0.2) is 65.6 Å². The van der Waals surface area contributed by atoms with Crippen molar-refractivity contribution in [1.29, 1.82) is 0 Å². The van der Waals surface area contributed by atoms with Gasteiger partial charge in [0.2, 0.25) is 0 Å². The molecule has 0 fully saturated rings. The van der Waals surface area contributed by atoms with Crippen LogP contribution in [0.4, 0.5) is 4.79 Å². The molecule has 2 aromatic rings. The first-order valence-electron chi connectivity index (χ1n) is 11.7. The molecular weight excluding hydrogens is 480 g/mol. The SMILES string of the molecule is COC(=O)[C@@H]([C@@H](NC(=O)OC(C)(C)C)[C@@H](CSc1ccccc1)OC(C)=O)N(C)Cc1ccccc1. The van der Waals surface area contributed by atoms with Crippen LogP contribution < -0.4 is 5.32 Å². The van der Waals surface area contributed by atoms with Gasteiger partial charge < -0.3 is 19.5 Å². The number of benzene rings is 2. The molecule has 2 aromatic carbocycles. The zero-order valence-electron chi connectivity index (χ0n) is 21.7. The van der Waals surface area contributed by atoms with E-state index < -0.39 is 41.8 Å². The standard InChI is InChI=1S/C27H36N2O6S/c1-19(30)34-22(18-36-21-15-11-8-12-16-21)23(28-26(32)35-27(2,3)4)24(25(31)33-6)29(5)17-20-13-9-7-10-14-20/h7-16,22-24H,17-18H2,1-6H3,(H,28,32)/t22-,23+,24-/m1/s1. The second kappa shape index (κ2) is 13.9. The predicted molar refractivity (Wildman–Crippen MR) is 140 cm³/mol. The van der Waals surface area contributed by atoms with Gasteiger partial charge in [-0.3, -0.25) is 14.5 Å². The van der Waals surface area contributed by atoms with E-state index in [4.69, 9.17) is 14.2 Å². The van der Waals surface area contributed by atoms with Gasteiger partial charge in [0.05, 0.1) is 13.2 Å². The van der Waals surface area contributed by atoms with Crippen molar-refractivity contribution in [2.75, 3.05) is 19.9 Å². The summed E-state index contributed by atoms with van der Waals surface area (Å²) >= 11 is 1.45. The lowest BCUT2D eigenvalue weighted by Gasteiger charge is -2.37. The van der Waals surface area contributed by atoms with Crippen LogP contribution in [0.25, 0.3) is 0 Å². The lowest BCUT2D eigenvalue weighted by Crippen LogP contribution is -2.61. The third-order valence-electron chi connectivity index (χ3n) is 5.09. The van der Waals surface area contributed by atoms with Gasteiger partial charge in [-0.15, -0.1) is 11.8 Å². The molecule has 0 saturated heterocycles. The van der Waals surface area contributed by atoms with Gasteiger partial charge in [0, 0.05) is 24.1 Å². The number of alkyl carbamates (subject to hydrolysis) is 1. The number of thioether (sulfide) groups is 1. The van der Waals surface area contributed by atoms with Crippen molar-refractivity contribution in [2.45, 2.75) is 62.9 Å². The summed E-state index contributed by atoms with van der Waals surface area (Å²) in [6.45, 7) is 6.93. The Kier molecular flexibility index (Phi) is 11.3. The molecule has 8 nitrogen and oxygen atoms in total. The normalized spacial score (nSPS) is 13.9. The third kappa shape index (κ3) is 9.91. The molecule has 0 heterocycles. The Labute approximate surface area is 217 Å². The maximum atomic E-state index is 13.1. The van der Waals surface area contributed by atoms with Crippen LogP contribution in [0, 0.1) is 0 Å². The van der Waals surface area contributed by atoms with Gasteiger partial charge in [-0.05, 0) is 45.5 Å². The molecule has 0 saturated carbocycles. The fourth-order valence-electron chi connectivity index (χ4n) is 3.63. The van der Waals surface area contributed by atoms with Gasteiger partial charge >= 0.3 is 18.0 Å². The highest BCUT2D eigenvalue weighted by Gasteiger charge is 2.41. The average Bonchev–Trinajstić information content (AvgIpc) is 2.81. The summed E-state index contributed by atoms with van der Waals surface area (Å²) in [5, 5.41) is 2.80. The van der Waals surface area contributed by atoms with Gasteiger partial charge in [-0.25, -0.2) is 4.79 Å². The van der Waals surface area contributed by atoms with Crippen molar-refractivity contribution in [3.8, 4) is 0 Å². The molecule has 3 atom stereocenters. The van der Waals surface area contributed by atoms with Crippen molar-refractivity contribution in [3.63, 3.8) is 0 Å². The van der Waals surface area contributed by atoms with E-state index in [0.717, 1.165) is 10.5 Å². The first-order chi connectivity index (χ1) is 17.0. The van der Waals surface area contributed by atoms with Crippen molar-refractivity contribution in [1.82, 2.24) is 10.2 Å². The highest BCUT2D eigenvalue weighted by molar-refractivity contribution is 7.99. The summed E-state index contributed by atoms with van der Waals surface area (Å²) < 4.78 is 16.3. The number of esters is 2. The highest BCUT2D eigenvalue weighted by atomic mass is 32.2. The largest absolute Gasteiger partial charge is 0.468 e. The molecule has 196 valence electrons. The Hall–Kier alpha value is -3.04. The number of amides is 1. The minimum Gasteiger partial charge on any atom is -0.468 e. The van der Waals surface area contributed by atoms with E-state index in [2.05, 4.69) is 5.32 Å². The van der Waals surface area contributed by atoms with E-state index in [1.54, 1.807) is 32.7 Å². The van der Waals surface area contributed by atoms with Gasteiger partial charge in [-0.2, -0.15) is 0 Å². The van der Waals surface area contributed by atoms with E-state index >= 15 is 0 Å². The van der Waals surface area contributed by atoms with E-state index in [1.165, 1.54) is 25.8 Å². The van der Waals surface area contributed by atoms with E-state index in [1.807, 2.05) is 60.7 Å². The average molecular weight is 517 g/mol. The number of hydrogen-bond donors (Lipinski definition) is 1. The van der Waals surface area contributed by atoms with Crippen LogP contribution in [-0.2, 0) is 30.3 Å². The second-order valence-electron chi connectivity index (χ2n) is 9.31. The predicted octanol–water partition coefficient (Wildman–Crippen LogP) is 4.28. The van der Waals surface area contributed by atoms with Gasteiger partial charge in [0.15, 0.2) is 0 Å². The van der Waals surface area contributed by atoms with Gasteiger partial charge in [0.25, 0.3) is 0 Å². The number of nitrogens with zero attached hydrogens (tertiary/aromatic N) is 1. The van der Waals surface area contributed by atoms with Crippen molar-refractivity contribution in [3.05, 3.63) is 66.2 Å². The summed E-state index contributed by atoms with van der Waals surface area (Å²) in [7, 11) is 3.04. The molecule has 1 amide bonds. The maximum absolute atomic E-state index is 13.1. The number of rotatable bonds is 11. The molecule has 0 radical (unpaired) electrons. The number of methoxy groups -OCH3 is 1. The van der Waals surface area contributed by atoms with E-state index in [-0.39, 0.29) is 5.75 Å². The van der Waals surface area contributed by atoms with Crippen LogP contribution in [0.1, 0.15) is 33.3 Å². The fourth-order valence-corrected chi connectivity index (χ4v) is 4.61. The summed E-state index contributed by atoms with van der Waals surface area (Å²) in [5.41, 5.74) is 0.203. The summed E-state index contributed by atoms with van der Waals surface area (Å²) in [4.78, 5) is 40.8. The number of carbonyl (C=O) groups is 3. The lowest BCUT2D eigenvalue weighted by molar-refractivity contribution is -0.155. The number of likely N-dealkylation sites (N-methyl/N-ethyl adjacent to an activating group) is 1. The summed E-state index contributed by atoms with van der Waals surface area (Å²) in [6, 6.07) is 17.3. The maximum Gasteiger partial charge on any atom is 0.408 e. The molecule has 0 aliphatic rings. The van der Waals surface area contributed by atoms with Crippen LogP contribution in [-0.4, -0.2) is 66.6 Å². The molecule has 0 spiro atoms. The Morgan fingerprint density at radius 3 is 2.11 bits per heavy atom. The number of hydrogen-bond acceptors (Lipinski definition) is 8. The summed E-state index contributed by atoms with van der Waals surface area (Å²) in [5.74, 6) is -0.813. The summed E-state index contributed by atoms with van der Waals surface area (Å²) in [6.07, 6.45) is -1.58. The minimum absolute atomic E-state index is 0.288. The smallest absolute Gasteiger partial charge is 0.408 e. The van der Waals surface area contributed by atoms with Crippen molar-refractivity contribution in [2.24, 2.45) is 0 Å². The van der Waals surface area contributed by atoms with E-state index in [0.29, 0.717) is 6.54 Å². The molecular formula is C27H36N2O6S. The molecule has 0 aliphatic carbocycles. The molecule has 1 N–H and O–H groups in total. The van der Waals surface area contributed by atoms with Crippen LogP contribution in [0.3, 0.4) is 0 Å². The molecule has 0 unspecified atom stereocenters. The molecule has 2 rings (SSSR count). The third-order valence-corrected chi connectivity index (χ3v) is 6.19. The first-order valence-corrected chi connectivity index (χ1v) is 12.7. The Morgan fingerprint density at radius 1 is 1.00 bits per heavy atom. The van der Waals surface area contributed by atoms with Gasteiger partial charge in [0.1, 0.15) is 17.7 Å². The zero-order valence-corrected chi connectivity index (χ0v) is 22.5. The van der Waals surface area contributed by atoms with Crippen molar-refractivity contribution >= 4 is 29.8 Å². The molecule has 0 aromatic heterocycles. The number of carbonyl (C=O) groups excluding carboxylic acids is 3. The quantitative estimate of drug-likeness (QED) is 0.269. The Morgan fingerprint density at radius 2 is 1.58 bits per heavy atom. The number of ether oxygens (including phenoxy) is 3. The molecule has 36 heavy (non-hydrogen) atoms. The molecule has 9 heteroatoms. The zero-order chi connectivity index (χ0) is 26.7. The fraction of sp³-hybridized carbons (Fsp3) is 0.444. The Bertz CT molecular complexity index is 981. The second-order valence-corrected chi connectivity index (χ2v) is 10.4. The molecule has 0 bridgehead atoms. The number of nitrogens with one attached hydrogen (secondary N) is 1. The minimum atomic E-state index is -0.969. The van der Waals surface area contributed by atoms with Crippen LogP contribution in [0.2, 0.25) is 0 Å². The Balaban J connectivity index is 2.43. The van der Waals surface area contributed by atoms with E-state index in [9.17, 15) is 14.4 Å². The van der Waals surface area contributed by atoms with Crippen LogP contribution >= 0.6 is 11.8 Å².